The van der Waals surface area contributed by atoms with Crippen LogP contribution in [0.4, 0.5) is 0 Å². The first-order chi connectivity index (χ1) is 33.0. The van der Waals surface area contributed by atoms with Crippen molar-refractivity contribution in [3.8, 4) is 0 Å². The lowest BCUT2D eigenvalue weighted by atomic mass is 10.1. The van der Waals surface area contributed by atoms with Crippen LogP contribution in [0.2, 0.25) is 0 Å². The Balaban J connectivity index is 0.000000767. The lowest BCUT2D eigenvalue weighted by Crippen LogP contribution is -2.49. The third-order valence-corrected chi connectivity index (χ3v) is 12.7. The average Bonchev–Trinajstić information content (AvgIpc) is 3.33. The van der Waals surface area contributed by atoms with Crippen LogP contribution in [0, 0.1) is 0 Å². The number of benzene rings is 6. The first-order valence-corrected chi connectivity index (χ1v) is 26.1. The van der Waals surface area contributed by atoms with E-state index in [-0.39, 0.29) is 0 Å². The molecule has 0 saturated heterocycles. The molecule has 372 valence electrons. The fourth-order valence-corrected chi connectivity index (χ4v) is 8.59. The smallest absolute Gasteiger partial charge is 0.217 e. The molecule has 6 aromatic rings. The molecule has 6 aromatic carbocycles. The molecule has 0 heterocycles. The Morgan fingerprint density at radius 3 is 0.957 bits per heavy atom. The summed E-state index contributed by atoms with van der Waals surface area (Å²) < 4.78 is 64.1. The average molecular weight is 981 g/mol. The van der Waals surface area contributed by atoms with Crippen molar-refractivity contribution < 1.29 is 43.3 Å². The number of quaternary nitrogens is 2. The molecule has 0 fully saturated rings. The molecule has 0 bridgehead atoms. The lowest BCUT2D eigenvalue weighted by molar-refractivity contribution is -0.948. The van der Waals surface area contributed by atoms with E-state index >= 15 is 0 Å². The van der Waals surface area contributed by atoms with E-state index in [1.165, 1.54) is 52.8 Å². The standard InChI is InChI=1S/C53H66N4.2CH4O4S/c1-56(45-51-30-15-6-16-31-51,40-23-41-57(2,46-52-32-17-7-18-33-52)47-53-34-19-8-20-35-53)39-22-38-54(42-48-24-9-3-10-25-48)36-21-37-55(43-49-26-11-4-12-27-49)44-50-28-13-5-14-29-50;2*1-5-6(2,3)4/h3-20,24-35H,21-23,36-47H2,1-2H3;2*1H3,(H,2,3,4)/q+2;;/p-2. The van der Waals surface area contributed by atoms with E-state index in [1.807, 2.05) is 0 Å². The van der Waals surface area contributed by atoms with Crippen LogP contribution in [0.3, 0.4) is 0 Å². The molecule has 0 radical (unpaired) electrons. The van der Waals surface area contributed by atoms with Gasteiger partial charge in [0.15, 0.2) is 0 Å². The molecule has 0 saturated carbocycles. The lowest BCUT2D eigenvalue weighted by Gasteiger charge is -2.39. The molecule has 1 unspecified atom stereocenters. The van der Waals surface area contributed by atoms with Crippen molar-refractivity contribution in [3.63, 3.8) is 0 Å². The molecule has 0 N–H and O–H groups in total. The van der Waals surface area contributed by atoms with E-state index < -0.39 is 20.8 Å². The van der Waals surface area contributed by atoms with Gasteiger partial charge in [-0.05, 0) is 29.7 Å². The quantitative estimate of drug-likeness (QED) is 0.0294. The SMILES string of the molecule is COS(=O)(=O)[O-].COS(=O)(=O)[O-].C[N+](CCCN(CCCN(Cc1ccccc1)Cc1ccccc1)Cc1ccccc1)(CCC[N+](C)(Cc1ccccc1)Cc1ccccc1)Cc1ccccc1. The summed E-state index contributed by atoms with van der Waals surface area (Å²) in [4.78, 5) is 5.35. The highest BCUT2D eigenvalue weighted by atomic mass is 32.3. The number of hydrogen-bond donors (Lipinski definition) is 0. The van der Waals surface area contributed by atoms with Crippen LogP contribution in [0.1, 0.15) is 52.6 Å². The first kappa shape index (κ1) is 56.5. The second-order valence-electron chi connectivity index (χ2n) is 18.0. The van der Waals surface area contributed by atoms with Crippen molar-refractivity contribution in [2.24, 2.45) is 0 Å². The normalized spacial score (nSPS) is 12.6. The van der Waals surface area contributed by atoms with E-state index in [0.29, 0.717) is 0 Å². The molecule has 1 atom stereocenters. The summed E-state index contributed by atoms with van der Waals surface area (Å²) in [7, 11) is -2.23. The first-order valence-electron chi connectivity index (χ1n) is 23.4. The topological polar surface area (TPSA) is 139 Å². The van der Waals surface area contributed by atoms with Gasteiger partial charge < -0.3 is 18.1 Å². The Hall–Kier alpha value is -5.10. The number of rotatable bonds is 26. The Morgan fingerprint density at radius 2 is 0.623 bits per heavy atom. The molecule has 0 aromatic heterocycles. The summed E-state index contributed by atoms with van der Waals surface area (Å²) in [6.07, 6.45) is 3.50. The highest BCUT2D eigenvalue weighted by Crippen LogP contribution is 2.21. The zero-order valence-corrected chi connectivity index (χ0v) is 42.4. The van der Waals surface area contributed by atoms with E-state index in [0.717, 1.165) is 102 Å². The molecular formula is C55H72N4O8S2. The van der Waals surface area contributed by atoms with Gasteiger partial charge in [-0.1, -0.05) is 182 Å². The summed E-state index contributed by atoms with van der Waals surface area (Å²) in [6.45, 7) is 12.8. The van der Waals surface area contributed by atoms with Crippen LogP contribution in [0.15, 0.2) is 182 Å². The summed E-state index contributed by atoms with van der Waals surface area (Å²) >= 11 is 0. The minimum atomic E-state index is -4.41. The van der Waals surface area contributed by atoms with Gasteiger partial charge >= 0.3 is 0 Å². The van der Waals surface area contributed by atoms with Crippen LogP contribution < -0.4 is 0 Å². The largest absolute Gasteiger partial charge is 0.726 e. The van der Waals surface area contributed by atoms with Crippen molar-refractivity contribution in [2.75, 3.05) is 67.6 Å². The van der Waals surface area contributed by atoms with Crippen LogP contribution >= 0.6 is 0 Å². The third kappa shape index (κ3) is 24.8. The fraction of sp³-hybridized carbons (Fsp3) is 0.345. The molecule has 0 aliphatic heterocycles. The highest BCUT2D eigenvalue weighted by molar-refractivity contribution is 7.81. The zero-order chi connectivity index (χ0) is 49.9. The van der Waals surface area contributed by atoms with Gasteiger partial charge in [-0.25, -0.2) is 16.8 Å². The summed E-state index contributed by atoms with van der Waals surface area (Å²) in [5.41, 5.74) is 8.43. The summed E-state index contributed by atoms with van der Waals surface area (Å²) in [5, 5.41) is 0. The minimum absolute atomic E-state index is 0.808. The predicted octanol–water partition coefficient (Wildman–Crippen LogP) is 9.04. The van der Waals surface area contributed by atoms with Crippen LogP contribution in [-0.2, 0) is 68.4 Å². The maximum absolute atomic E-state index is 9.22. The van der Waals surface area contributed by atoms with E-state index in [9.17, 15) is 25.9 Å². The minimum Gasteiger partial charge on any atom is -0.726 e. The van der Waals surface area contributed by atoms with Crippen molar-refractivity contribution in [1.82, 2.24) is 9.80 Å². The molecular weight excluding hydrogens is 909 g/mol. The Labute approximate surface area is 413 Å². The van der Waals surface area contributed by atoms with E-state index in [4.69, 9.17) is 0 Å². The maximum atomic E-state index is 9.22. The van der Waals surface area contributed by atoms with E-state index in [2.05, 4.69) is 214 Å². The third-order valence-electron chi connectivity index (χ3n) is 11.9. The molecule has 69 heavy (non-hydrogen) atoms. The molecule has 0 amide bonds. The van der Waals surface area contributed by atoms with Gasteiger partial charge in [0.05, 0.1) is 47.9 Å². The van der Waals surface area contributed by atoms with Crippen LogP contribution in [0.25, 0.3) is 0 Å². The van der Waals surface area contributed by atoms with Crippen LogP contribution in [0.5, 0.6) is 0 Å². The predicted molar refractivity (Wildman–Crippen MR) is 273 cm³/mol. The fourth-order valence-electron chi connectivity index (χ4n) is 8.59. The number of hydrogen-bond acceptors (Lipinski definition) is 10. The van der Waals surface area contributed by atoms with Gasteiger partial charge in [-0.2, -0.15) is 0 Å². The highest BCUT2D eigenvalue weighted by Gasteiger charge is 2.27. The van der Waals surface area contributed by atoms with Gasteiger partial charge in [0.2, 0.25) is 20.8 Å². The van der Waals surface area contributed by atoms with Crippen molar-refractivity contribution in [2.45, 2.75) is 58.5 Å². The van der Waals surface area contributed by atoms with Gasteiger partial charge in [0.1, 0.15) is 19.6 Å². The van der Waals surface area contributed by atoms with E-state index in [1.54, 1.807) is 0 Å². The Bertz CT molecular complexity index is 2380. The van der Waals surface area contributed by atoms with Gasteiger partial charge in [0.25, 0.3) is 0 Å². The molecule has 14 heteroatoms. The number of nitrogens with zero attached hydrogens (tertiary/aromatic N) is 4. The molecule has 12 nitrogen and oxygen atoms in total. The zero-order valence-electron chi connectivity index (χ0n) is 40.8. The molecule has 6 rings (SSSR count). The van der Waals surface area contributed by atoms with Crippen molar-refractivity contribution in [3.05, 3.63) is 215 Å². The van der Waals surface area contributed by atoms with Crippen LogP contribution in [-0.4, -0.2) is 112 Å². The summed E-state index contributed by atoms with van der Waals surface area (Å²) in [6, 6.07) is 66.4. The van der Waals surface area contributed by atoms with Gasteiger partial charge in [-0.3, -0.25) is 18.2 Å². The monoisotopic (exact) mass is 980 g/mol. The molecule has 0 aliphatic carbocycles. The second-order valence-corrected chi connectivity index (χ2v) is 20.3. The van der Waals surface area contributed by atoms with Crippen molar-refractivity contribution in [1.29, 1.82) is 0 Å². The van der Waals surface area contributed by atoms with Gasteiger partial charge in [-0.15, -0.1) is 0 Å². The maximum Gasteiger partial charge on any atom is 0.217 e. The second kappa shape index (κ2) is 29.8. The molecule has 0 spiro atoms. The summed E-state index contributed by atoms with van der Waals surface area (Å²) in [5.74, 6) is 0. The molecule has 0 aliphatic rings. The Kier molecular flexibility index (Phi) is 24.4. The van der Waals surface area contributed by atoms with Crippen molar-refractivity contribution >= 4 is 20.8 Å². The Morgan fingerprint density at radius 1 is 0.377 bits per heavy atom. The van der Waals surface area contributed by atoms with Gasteiger partial charge in [0, 0.05) is 62.3 Å².